The van der Waals surface area contributed by atoms with E-state index in [0.29, 0.717) is 23.6 Å². The number of nitrogens with zero attached hydrogens (tertiary/aromatic N) is 2. The van der Waals surface area contributed by atoms with Crippen molar-refractivity contribution < 1.29 is 19.1 Å². The SMILES string of the molecule is COc1ccc(C(=O)NNC(=O)CN(C)Cc2cnc(C)s2)cc1OC. The number of aromatic nitrogens is 1. The molecule has 9 heteroatoms. The molecule has 26 heavy (non-hydrogen) atoms. The van der Waals surface area contributed by atoms with Gasteiger partial charge in [-0.1, -0.05) is 0 Å². The van der Waals surface area contributed by atoms with Gasteiger partial charge in [-0.2, -0.15) is 0 Å². The quantitative estimate of drug-likeness (QED) is 0.707. The van der Waals surface area contributed by atoms with Crippen LogP contribution in [0.5, 0.6) is 11.5 Å². The maximum Gasteiger partial charge on any atom is 0.269 e. The summed E-state index contributed by atoms with van der Waals surface area (Å²) in [5.74, 6) is 0.196. The molecule has 0 atom stereocenters. The molecule has 2 aromatic rings. The van der Waals surface area contributed by atoms with Gasteiger partial charge in [0.1, 0.15) is 0 Å². The average Bonchev–Trinajstić information content (AvgIpc) is 3.03. The Morgan fingerprint density at radius 1 is 1.19 bits per heavy atom. The first-order valence-electron chi connectivity index (χ1n) is 7.84. The molecule has 0 aliphatic carbocycles. The number of carbonyl (C=O) groups excluding carboxylic acids is 2. The number of ether oxygens (including phenoxy) is 2. The van der Waals surface area contributed by atoms with Crippen molar-refractivity contribution in [1.29, 1.82) is 0 Å². The number of hydrazine groups is 1. The molecule has 0 unspecified atom stereocenters. The second-order valence-electron chi connectivity index (χ2n) is 5.59. The minimum absolute atomic E-state index is 0.142. The molecular formula is C17H22N4O4S. The smallest absolute Gasteiger partial charge is 0.269 e. The molecule has 0 bridgehead atoms. The fourth-order valence-corrected chi connectivity index (χ4v) is 3.14. The van der Waals surface area contributed by atoms with Crippen LogP contribution in [0.3, 0.4) is 0 Å². The van der Waals surface area contributed by atoms with Crippen LogP contribution in [-0.4, -0.2) is 49.5 Å². The van der Waals surface area contributed by atoms with Gasteiger partial charge in [-0.05, 0) is 32.2 Å². The Balaban J connectivity index is 1.83. The Morgan fingerprint density at radius 2 is 1.92 bits per heavy atom. The molecule has 2 amide bonds. The van der Waals surface area contributed by atoms with Gasteiger partial charge in [-0.15, -0.1) is 11.3 Å². The number of amides is 2. The summed E-state index contributed by atoms with van der Waals surface area (Å²) >= 11 is 1.59. The van der Waals surface area contributed by atoms with E-state index in [1.807, 2.05) is 18.9 Å². The van der Waals surface area contributed by atoms with Gasteiger partial charge >= 0.3 is 0 Å². The summed E-state index contributed by atoms with van der Waals surface area (Å²) in [6.07, 6.45) is 1.80. The fraction of sp³-hybridized carbons (Fsp3) is 0.353. The fourth-order valence-electron chi connectivity index (χ4n) is 2.26. The van der Waals surface area contributed by atoms with Crippen LogP contribution in [0.1, 0.15) is 20.2 Å². The molecule has 0 fully saturated rings. The van der Waals surface area contributed by atoms with Crippen molar-refractivity contribution in [2.24, 2.45) is 0 Å². The van der Waals surface area contributed by atoms with Crippen molar-refractivity contribution in [2.45, 2.75) is 13.5 Å². The first kappa shape index (κ1) is 19.7. The van der Waals surface area contributed by atoms with Crippen molar-refractivity contribution in [3.8, 4) is 11.5 Å². The summed E-state index contributed by atoms with van der Waals surface area (Å²) in [6.45, 7) is 2.69. The molecule has 0 aliphatic rings. The predicted octanol–water partition coefficient (Wildman–Crippen LogP) is 1.36. The van der Waals surface area contributed by atoms with Crippen LogP contribution >= 0.6 is 11.3 Å². The van der Waals surface area contributed by atoms with Crippen LogP contribution in [0.15, 0.2) is 24.4 Å². The van der Waals surface area contributed by atoms with E-state index in [2.05, 4.69) is 15.8 Å². The molecule has 0 spiro atoms. The monoisotopic (exact) mass is 378 g/mol. The number of nitrogens with one attached hydrogen (secondary N) is 2. The first-order chi connectivity index (χ1) is 12.4. The average molecular weight is 378 g/mol. The zero-order valence-electron chi connectivity index (χ0n) is 15.2. The van der Waals surface area contributed by atoms with Crippen molar-refractivity contribution in [1.82, 2.24) is 20.7 Å². The molecule has 2 rings (SSSR count). The zero-order valence-corrected chi connectivity index (χ0v) is 16.0. The summed E-state index contributed by atoms with van der Waals surface area (Å²) in [4.78, 5) is 31.2. The van der Waals surface area contributed by atoms with E-state index in [1.165, 1.54) is 14.2 Å². The lowest BCUT2D eigenvalue weighted by molar-refractivity contribution is -0.122. The maximum atomic E-state index is 12.2. The van der Waals surface area contributed by atoms with Crippen LogP contribution in [0, 0.1) is 6.92 Å². The van der Waals surface area contributed by atoms with Crippen LogP contribution in [-0.2, 0) is 11.3 Å². The number of hydrogen-bond donors (Lipinski definition) is 2. The molecule has 0 aliphatic heterocycles. The van der Waals surface area contributed by atoms with Crippen molar-refractivity contribution in [3.63, 3.8) is 0 Å². The third-order valence-corrected chi connectivity index (χ3v) is 4.37. The van der Waals surface area contributed by atoms with Crippen LogP contribution in [0.25, 0.3) is 0 Å². The number of aryl methyl sites for hydroxylation is 1. The third kappa shape index (κ3) is 5.43. The highest BCUT2D eigenvalue weighted by molar-refractivity contribution is 7.11. The Morgan fingerprint density at radius 3 is 2.54 bits per heavy atom. The lowest BCUT2D eigenvalue weighted by atomic mass is 10.2. The molecule has 8 nitrogen and oxygen atoms in total. The van der Waals surface area contributed by atoms with Crippen molar-refractivity contribution in [2.75, 3.05) is 27.8 Å². The molecule has 0 saturated carbocycles. The second-order valence-corrected chi connectivity index (χ2v) is 6.91. The maximum absolute atomic E-state index is 12.2. The van der Waals surface area contributed by atoms with Gasteiger partial charge in [0.2, 0.25) is 0 Å². The first-order valence-corrected chi connectivity index (χ1v) is 8.65. The van der Waals surface area contributed by atoms with E-state index in [4.69, 9.17) is 9.47 Å². The Bertz CT molecular complexity index is 778. The Labute approximate surface area is 156 Å². The molecule has 1 heterocycles. The van der Waals surface area contributed by atoms with E-state index < -0.39 is 5.91 Å². The molecule has 2 N–H and O–H groups in total. The summed E-state index contributed by atoms with van der Waals surface area (Å²) in [6, 6.07) is 4.75. The van der Waals surface area contributed by atoms with Gasteiger partial charge in [0, 0.05) is 23.2 Å². The van der Waals surface area contributed by atoms with Gasteiger partial charge in [0.05, 0.1) is 25.8 Å². The van der Waals surface area contributed by atoms with E-state index in [9.17, 15) is 9.59 Å². The number of carbonyl (C=O) groups is 2. The van der Waals surface area contributed by atoms with E-state index in [-0.39, 0.29) is 12.5 Å². The van der Waals surface area contributed by atoms with Gasteiger partial charge in [-0.25, -0.2) is 4.98 Å². The largest absolute Gasteiger partial charge is 0.493 e. The number of hydrogen-bond acceptors (Lipinski definition) is 7. The lowest BCUT2D eigenvalue weighted by Gasteiger charge is -2.15. The minimum atomic E-state index is -0.444. The van der Waals surface area contributed by atoms with Gasteiger partial charge < -0.3 is 9.47 Å². The molecule has 0 radical (unpaired) electrons. The lowest BCUT2D eigenvalue weighted by Crippen LogP contribution is -2.45. The summed E-state index contributed by atoms with van der Waals surface area (Å²) < 4.78 is 10.3. The molecular weight excluding hydrogens is 356 g/mol. The zero-order chi connectivity index (χ0) is 19.1. The topological polar surface area (TPSA) is 92.8 Å². The summed E-state index contributed by atoms with van der Waals surface area (Å²) in [7, 11) is 4.83. The number of methoxy groups -OCH3 is 2. The Hall–Kier alpha value is -2.65. The molecule has 1 aromatic heterocycles. The van der Waals surface area contributed by atoms with Crippen LogP contribution in [0.2, 0.25) is 0 Å². The van der Waals surface area contributed by atoms with Crippen molar-refractivity contribution in [3.05, 3.63) is 39.8 Å². The van der Waals surface area contributed by atoms with Gasteiger partial charge in [-0.3, -0.25) is 25.3 Å². The van der Waals surface area contributed by atoms with Gasteiger partial charge in [0.25, 0.3) is 11.8 Å². The van der Waals surface area contributed by atoms with E-state index >= 15 is 0 Å². The molecule has 1 aromatic carbocycles. The highest BCUT2D eigenvalue weighted by atomic mass is 32.1. The van der Waals surface area contributed by atoms with E-state index in [1.54, 1.807) is 35.7 Å². The molecule has 0 saturated heterocycles. The number of rotatable bonds is 7. The minimum Gasteiger partial charge on any atom is -0.493 e. The number of likely N-dealkylation sites (N-methyl/N-ethyl adjacent to an activating group) is 1. The number of benzene rings is 1. The molecule has 140 valence electrons. The standard InChI is InChI=1S/C17H22N4O4S/c1-11-18-8-13(26-11)9-21(2)10-16(22)19-20-17(23)12-5-6-14(24-3)15(7-12)25-4/h5-8H,9-10H2,1-4H3,(H,19,22)(H,20,23). The predicted molar refractivity (Wildman–Crippen MR) is 98.3 cm³/mol. The van der Waals surface area contributed by atoms with Crippen LogP contribution < -0.4 is 20.3 Å². The summed E-state index contributed by atoms with van der Waals surface area (Å²) in [5, 5.41) is 0.986. The van der Waals surface area contributed by atoms with Gasteiger partial charge in [0.15, 0.2) is 11.5 Å². The third-order valence-electron chi connectivity index (χ3n) is 3.47. The Kier molecular flexibility index (Phi) is 6.93. The normalized spacial score (nSPS) is 10.5. The van der Waals surface area contributed by atoms with Crippen LogP contribution in [0.4, 0.5) is 0 Å². The summed E-state index contributed by atoms with van der Waals surface area (Å²) in [5.41, 5.74) is 5.14. The van der Waals surface area contributed by atoms with Crippen molar-refractivity contribution >= 4 is 23.2 Å². The second kappa shape index (κ2) is 9.16. The highest BCUT2D eigenvalue weighted by Gasteiger charge is 2.13. The van der Waals surface area contributed by atoms with E-state index in [0.717, 1.165) is 9.88 Å². The number of thiazole rings is 1. The highest BCUT2D eigenvalue weighted by Crippen LogP contribution is 2.27.